The average Bonchev–Trinajstić information content (AvgIpc) is 3.36. The molecule has 1 saturated heterocycles. The second-order valence-corrected chi connectivity index (χ2v) is 8.76. The maximum absolute atomic E-state index is 13.7. The van der Waals surface area contributed by atoms with Crippen LogP contribution in [0, 0.1) is 11.3 Å². The average molecular weight is 460 g/mol. The van der Waals surface area contributed by atoms with Gasteiger partial charge in [0.2, 0.25) is 17.5 Å². The zero-order chi connectivity index (χ0) is 22.2. The van der Waals surface area contributed by atoms with Crippen molar-refractivity contribution in [2.75, 3.05) is 4.90 Å². The fourth-order valence-electron chi connectivity index (χ4n) is 3.23. The van der Waals surface area contributed by atoms with Crippen LogP contribution in [0.5, 0.6) is 0 Å². The lowest BCUT2D eigenvalue weighted by Gasteiger charge is -2.14. The quantitative estimate of drug-likeness (QED) is 0.536. The molecule has 1 aliphatic heterocycles. The Morgan fingerprint density at radius 2 is 1.90 bits per heavy atom. The van der Waals surface area contributed by atoms with E-state index >= 15 is 0 Å². The Labute approximate surface area is 183 Å². The number of H-pyrrole nitrogens is 1. The summed E-state index contributed by atoms with van der Waals surface area (Å²) >= 11 is 2.01. The third-order valence-corrected chi connectivity index (χ3v) is 6.71. The van der Waals surface area contributed by atoms with Gasteiger partial charge in [-0.3, -0.25) is 9.59 Å². The number of aromatic nitrogens is 1. The normalized spacial score (nSPS) is 16.6. The van der Waals surface area contributed by atoms with E-state index < -0.39 is 34.4 Å². The molecule has 5 nitrogen and oxygen atoms in total. The molecule has 3 aromatic rings. The van der Waals surface area contributed by atoms with Crippen molar-refractivity contribution in [2.24, 2.45) is 0 Å². The summed E-state index contributed by atoms with van der Waals surface area (Å²) in [5.41, 5.74) is -1.11. The lowest BCUT2D eigenvalue weighted by atomic mass is 10.1. The number of halogens is 3. The van der Waals surface area contributed by atoms with Crippen LogP contribution < -0.4 is 9.88 Å². The van der Waals surface area contributed by atoms with Crippen LogP contribution in [0.3, 0.4) is 0 Å². The van der Waals surface area contributed by atoms with Gasteiger partial charge in [-0.1, -0.05) is 24.3 Å². The highest BCUT2D eigenvalue weighted by atomic mass is 32.2. The summed E-state index contributed by atoms with van der Waals surface area (Å²) in [5, 5.41) is 10.1. The fourth-order valence-corrected chi connectivity index (χ4v) is 5.09. The van der Waals surface area contributed by atoms with E-state index in [1.807, 2.05) is 0 Å². The van der Waals surface area contributed by atoms with Crippen molar-refractivity contribution in [2.45, 2.75) is 22.9 Å². The molecule has 156 valence electrons. The van der Waals surface area contributed by atoms with E-state index in [0.717, 1.165) is 22.7 Å². The van der Waals surface area contributed by atoms with Gasteiger partial charge >= 0.3 is 6.18 Å². The first-order valence-corrected chi connectivity index (χ1v) is 10.8. The van der Waals surface area contributed by atoms with Crippen molar-refractivity contribution in [3.63, 3.8) is 0 Å². The lowest BCUT2D eigenvalue weighted by Crippen LogP contribution is -2.31. The monoisotopic (exact) mass is 460 g/mol. The molecule has 0 bridgehead atoms. The molecule has 1 aromatic carbocycles. The van der Waals surface area contributed by atoms with Crippen LogP contribution in [0.4, 0.5) is 18.9 Å². The molecule has 0 radical (unpaired) electrons. The number of pyridine rings is 1. The number of thiophene rings is 1. The highest BCUT2D eigenvalue weighted by Gasteiger charge is 2.44. The van der Waals surface area contributed by atoms with E-state index in [-0.39, 0.29) is 17.1 Å². The smallest absolute Gasteiger partial charge is 0.274 e. The van der Waals surface area contributed by atoms with Gasteiger partial charge in [0.1, 0.15) is 16.9 Å². The maximum atomic E-state index is 13.7. The van der Waals surface area contributed by atoms with Gasteiger partial charge in [-0.25, -0.2) is 4.90 Å². The maximum Gasteiger partial charge on any atom is 0.418 e. The number of nitrogens with zero attached hydrogens (tertiary/aromatic N) is 2. The third kappa shape index (κ3) is 4.06. The first kappa shape index (κ1) is 21.1. The number of hydrogen-bond donors (Lipinski definition) is 0. The molecule has 3 heterocycles. The van der Waals surface area contributed by atoms with E-state index in [1.54, 1.807) is 53.9 Å². The molecule has 4 rings (SSSR count). The first-order valence-electron chi connectivity index (χ1n) is 8.99. The highest BCUT2D eigenvalue weighted by Crippen LogP contribution is 2.40. The van der Waals surface area contributed by atoms with Gasteiger partial charge in [-0.15, -0.1) is 11.3 Å². The Balaban J connectivity index is 1.74. The molecule has 1 fully saturated rings. The number of nitrogens with one attached hydrogen (secondary N) is 1. The zero-order valence-electron chi connectivity index (χ0n) is 15.6. The van der Waals surface area contributed by atoms with Gasteiger partial charge < -0.3 is 0 Å². The van der Waals surface area contributed by atoms with Crippen LogP contribution in [-0.4, -0.2) is 17.1 Å². The summed E-state index contributed by atoms with van der Waals surface area (Å²) < 4.78 is 41.0. The van der Waals surface area contributed by atoms with Crippen molar-refractivity contribution in [3.8, 4) is 16.6 Å². The van der Waals surface area contributed by atoms with Crippen LogP contribution >= 0.6 is 23.1 Å². The van der Waals surface area contributed by atoms with Crippen LogP contribution in [0.25, 0.3) is 10.6 Å². The number of alkyl halides is 3. The van der Waals surface area contributed by atoms with E-state index in [1.165, 1.54) is 11.3 Å². The molecule has 0 saturated carbocycles. The van der Waals surface area contributed by atoms with Crippen LogP contribution in [0.2, 0.25) is 0 Å². The summed E-state index contributed by atoms with van der Waals surface area (Å²) in [6.07, 6.45) is -4.94. The molecule has 0 spiro atoms. The number of imide groups is 1. The molecule has 2 aromatic heterocycles. The highest BCUT2D eigenvalue weighted by molar-refractivity contribution is 8.00. The molecule has 1 unspecified atom stereocenters. The van der Waals surface area contributed by atoms with Crippen molar-refractivity contribution in [3.05, 3.63) is 65.0 Å². The zero-order valence-corrected chi connectivity index (χ0v) is 17.3. The summed E-state index contributed by atoms with van der Waals surface area (Å²) in [6, 6.07) is 14.2. The molecule has 1 aliphatic rings. The topological polar surface area (TPSA) is 75.3 Å². The van der Waals surface area contributed by atoms with Crippen molar-refractivity contribution in [1.82, 2.24) is 0 Å². The second kappa shape index (κ2) is 8.17. The number of para-hydroxylation sites is 1. The summed E-state index contributed by atoms with van der Waals surface area (Å²) in [7, 11) is 0. The minimum absolute atomic E-state index is 0.0956. The second-order valence-electron chi connectivity index (χ2n) is 6.60. The Bertz CT molecular complexity index is 1190. The molecule has 1 atom stereocenters. The number of benzene rings is 1. The predicted octanol–water partition coefficient (Wildman–Crippen LogP) is 4.54. The Hall–Kier alpha value is -3.16. The molecular formula is C21H13F3N3O2S2+. The first-order chi connectivity index (χ1) is 14.8. The Morgan fingerprint density at radius 1 is 1.16 bits per heavy atom. The third-order valence-electron chi connectivity index (χ3n) is 4.62. The van der Waals surface area contributed by atoms with Gasteiger partial charge in [-0.05, 0) is 35.3 Å². The minimum Gasteiger partial charge on any atom is -0.274 e. The molecule has 31 heavy (non-hydrogen) atoms. The molecule has 1 N–H and O–H groups in total. The summed E-state index contributed by atoms with van der Waals surface area (Å²) in [4.78, 5) is 29.8. The van der Waals surface area contributed by atoms with E-state index in [2.05, 4.69) is 4.98 Å². The number of amides is 2. The number of anilines is 1. The largest absolute Gasteiger partial charge is 0.418 e. The number of aromatic amines is 1. The Morgan fingerprint density at radius 3 is 2.52 bits per heavy atom. The number of carbonyl (C=O) groups is 2. The molecule has 10 heteroatoms. The summed E-state index contributed by atoms with van der Waals surface area (Å²) in [6.45, 7) is 0. The lowest BCUT2D eigenvalue weighted by molar-refractivity contribution is -0.414. The van der Waals surface area contributed by atoms with Gasteiger partial charge in [0.15, 0.2) is 0 Å². The molecule has 2 amide bonds. The van der Waals surface area contributed by atoms with Crippen molar-refractivity contribution >= 4 is 40.6 Å². The summed E-state index contributed by atoms with van der Waals surface area (Å²) in [5.74, 6) is -0.980. The van der Waals surface area contributed by atoms with Crippen molar-refractivity contribution < 1.29 is 27.7 Å². The molecule has 0 aliphatic carbocycles. The van der Waals surface area contributed by atoms with Crippen LogP contribution in [-0.2, 0) is 15.8 Å². The van der Waals surface area contributed by atoms with Crippen LogP contribution in [0.1, 0.15) is 17.5 Å². The minimum atomic E-state index is -4.76. The van der Waals surface area contributed by atoms with E-state index in [4.69, 9.17) is 0 Å². The molecular weight excluding hydrogens is 447 g/mol. The number of hydrogen-bond acceptors (Lipinski definition) is 5. The van der Waals surface area contributed by atoms with Gasteiger partial charge in [0, 0.05) is 12.5 Å². The number of carbonyl (C=O) groups excluding carboxylic acids is 2. The van der Waals surface area contributed by atoms with Gasteiger partial charge in [0.25, 0.3) is 5.03 Å². The van der Waals surface area contributed by atoms with E-state index in [0.29, 0.717) is 10.6 Å². The van der Waals surface area contributed by atoms with Crippen LogP contribution in [0.15, 0.2) is 58.9 Å². The van der Waals surface area contributed by atoms with Crippen molar-refractivity contribution in [1.29, 1.82) is 5.26 Å². The number of thioether (sulfide) groups is 1. The standard InChI is InChI=1S/C21H12F3N3O2S2/c22-21(23,24)14-9-15(16-7-4-8-30-16)26-19(13(14)11-25)31-17-10-18(28)27(20(17)29)12-5-2-1-3-6-12/h1-9,17H,10H2/p+1. The predicted molar refractivity (Wildman–Crippen MR) is 109 cm³/mol. The van der Waals surface area contributed by atoms with E-state index in [9.17, 15) is 28.0 Å². The number of rotatable bonds is 4. The SMILES string of the molecule is N#Cc1c(C(F)(F)F)cc(-c2cccs2)[nH+]c1SC1CC(=O)N(c2ccccc2)C1=O. The van der Waals surface area contributed by atoms with Gasteiger partial charge in [-0.2, -0.15) is 23.4 Å². The fraction of sp³-hybridized carbons (Fsp3) is 0.143. The number of nitriles is 1. The van der Waals surface area contributed by atoms with Gasteiger partial charge in [0.05, 0.1) is 16.1 Å². The Kier molecular flexibility index (Phi) is 5.56.